The van der Waals surface area contributed by atoms with E-state index in [9.17, 15) is 0 Å². The minimum Gasteiger partial charge on any atom is -0.461 e. The molecule has 0 aliphatic heterocycles. The summed E-state index contributed by atoms with van der Waals surface area (Å²) in [6.45, 7) is 5.98. The SMILES string of the molecule is C=C/C=C\c1c(C)oc2cccc(N(c3ccc(-c4ccccc4)cc3)c3ccc(-c4ccc5c(c4)C4(c6ccccc6-c6ccccc6-5)c5ccccc5-c5ccccc54)cc3)c12. The largest absolute Gasteiger partial charge is 0.461 e. The van der Waals surface area contributed by atoms with E-state index in [1.54, 1.807) is 0 Å². The molecule has 1 heterocycles. The lowest BCUT2D eigenvalue weighted by atomic mass is 9.65. The van der Waals surface area contributed by atoms with E-state index in [4.69, 9.17) is 4.42 Å². The molecule has 0 radical (unpaired) electrons. The smallest absolute Gasteiger partial charge is 0.137 e. The molecule has 2 aliphatic carbocycles. The summed E-state index contributed by atoms with van der Waals surface area (Å²) in [4.78, 5) is 2.35. The van der Waals surface area contributed by atoms with E-state index >= 15 is 0 Å². The van der Waals surface area contributed by atoms with Crippen LogP contribution in [0.1, 0.15) is 33.6 Å². The van der Waals surface area contributed by atoms with E-state index in [2.05, 4.69) is 230 Å². The van der Waals surface area contributed by atoms with Gasteiger partial charge in [-0.2, -0.15) is 0 Å². The summed E-state index contributed by atoms with van der Waals surface area (Å²) in [7, 11) is 0. The van der Waals surface area contributed by atoms with Crippen molar-refractivity contribution in [2.24, 2.45) is 0 Å². The first-order chi connectivity index (χ1) is 31.6. The van der Waals surface area contributed by atoms with Gasteiger partial charge < -0.3 is 9.32 Å². The Hall–Kier alpha value is -8.20. The van der Waals surface area contributed by atoms with E-state index in [0.29, 0.717) is 0 Å². The maximum atomic E-state index is 6.38. The zero-order valence-electron chi connectivity index (χ0n) is 35.5. The molecule has 1 aromatic heterocycles. The summed E-state index contributed by atoms with van der Waals surface area (Å²) >= 11 is 0. The van der Waals surface area contributed by atoms with Gasteiger partial charge in [-0.1, -0.05) is 195 Å². The molecule has 0 bridgehead atoms. The molecular weight excluding hydrogens is 775 g/mol. The van der Waals surface area contributed by atoms with Gasteiger partial charge in [0.15, 0.2) is 0 Å². The molecule has 0 N–H and O–H groups in total. The van der Waals surface area contributed by atoms with Crippen LogP contribution in [0, 0.1) is 6.92 Å². The second kappa shape index (κ2) is 15.0. The van der Waals surface area contributed by atoms with Gasteiger partial charge in [-0.25, -0.2) is 0 Å². The Balaban J connectivity index is 1.05. The number of benzene rings is 9. The Morgan fingerprint density at radius 2 is 0.906 bits per heavy atom. The van der Waals surface area contributed by atoms with Crippen LogP contribution in [-0.2, 0) is 5.41 Å². The molecule has 2 aliphatic rings. The predicted octanol–water partition coefficient (Wildman–Crippen LogP) is 16.8. The van der Waals surface area contributed by atoms with Crippen molar-refractivity contribution in [3.8, 4) is 55.6 Å². The summed E-state index contributed by atoms with van der Waals surface area (Å²) in [6.07, 6.45) is 5.89. The number of furan rings is 1. The summed E-state index contributed by atoms with van der Waals surface area (Å²) < 4.78 is 6.38. The Kier molecular flexibility index (Phi) is 8.81. The summed E-state index contributed by atoms with van der Waals surface area (Å²) in [5, 5.41) is 1.06. The lowest BCUT2D eigenvalue weighted by Crippen LogP contribution is -2.29. The third-order valence-electron chi connectivity index (χ3n) is 13.5. The fraction of sp³-hybridized carbons (Fsp3) is 0.0323. The molecule has 9 aromatic carbocycles. The van der Waals surface area contributed by atoms with Crippen LogP contribution < -0.4 is 4.90 Å². The van der Waals surface area contributed by atoms with Crippen molar-refractivity contribution in [1.82, 2.24) is 0 Å². The van der Waals surface area contributed by atoms with Crippen LogP contribution in [0.4, 0.5) is 17.1 Å². The first-order valence-electron chi connectivity index (χ1n) is 22.0. The zero-order chi connectivity index (χ0) is 42.8. The van der Waals surface area contributed by atoms with E-state index in [-0.39, 0.29) is 0 Å². The molecule has 1 spiro atoms. The van der Waals surface area contributed by atoms with Crippen LogP contribution >= 0.6 is 0 Å². The average molecular weight is 818 g/mol. The Labute approximate surface area is 374 Å². The van der Waals surface area contributed by atoms with E-state index in [0.717, 1.165) is 44.9 Å². The molecule has 0 saturated carbocycles. The van der Waals surface area contributed by atoms with Gasteiger partial charge in [0.2, 0.25) is 0 Å². The number of fused-ring (bicyclic) bond motifs is 13. The molecule has 2 nitrogen and oxygen atoms in total. The highest BCUT2D eigenvalue weighted by atomic mass is 16.3. The average Bonchev–Trinajstić information content (AvgIpc) is 3.82. The van der Waals surface area contributed by atoms with Crippen LogP contribution in [0.5, 0.6) is 0 Å². The number of hydrogen-bond acceptors (Lipinski definition) is 2. The van der Waals surface area contributed by atoms with Gasteiger partial charge in [0.05, 0.1) is 16.5 Å². The maximum Gasteiger partial charge on any atom is 0.137 e. The summed E-state index contributed by atoms with van der Waals surface area (Å²) in [5.41, 5.74) is 22.1. The number of rotatable bonds is 7. The van der Waals surface area contributed by atoms with Crippen molar-refractivity contribution >= 4 is 34.1 Å². The molecule has 2 heteroatoms. The summed E-state index contributed by atoms with van der Waals surface area (Å²) in [6, 6.07) is 78.1. The van der Waals surface area contributed by atoms with Crippen LogP contribution in [0.25, 0.3) is 72.7 Å². The second-order valence-corrected chi connectivity index (χ2v) is 16.8. The molecule has 0 amide bonds. The van der Waals surface area contributed by atoms with E-state index in [1.807, 2.05) is 19.1 Å². The number of allylic oxidation sites excluding steroid dienone is 2. The monoisotopic (exact) mass is 817 g/mol. The van der Waals surface area contributed by atoms with Crippen LogP contribution in [0.3, 0.4) is 0 Å². The minimum absolute atomic E-state index is 0.532. The molecule has 10 aromatic rings. The number of anilines is 3. The lowest BCUT2D eigenvalue weighted by Gasteiger charge is -2.35. The fourth-order valence-corrected chi connectivity index (χ4v) is 10.7. The van der Waals surface area contributed by atoms with Crippen LogP contribution in [-0.4, -0.2) is 0 Å². The Bertz CT molecular complexity index is 3410. The van der Waals surface area contributed by atoms with Crippen LogP contribution in [0.15, 0.2) is 235 Å². The van der Waals surface area contributed by atoms with E-state index < -0.39 is 5.41 Å². The van der Waals surface area contributed by atoms with Crippen molar-refractivity contribution in [1.29, 1.82) is 0 Å². The third-order valence-corrected chi connectivity index (χ3v) is 13.5. The molecule has 0 unspecified atom stereocenters. The topological polar surface area (TPSA) is 16.4 Å². The van der Waals surface area contributed by atoms with Gasteiger partial charge in [0, 0.05) is 16.9 Å². The highest BCUT2D eigenvalue weighted by molar-refractivity contribution is 6.03. The van der Waals surface area contributed by atoms with Gasteiger partial charge >= 0.3 is 0 Å². The first kappa shape index (κ1) is 37.6. The minimum atomic E-state index is -0.532. The quantitative estimate of drug-likeness (QED) is 0.149. The molecule has 12 rings (SSSR count). The molecule has 64 heavy (non-hydrogen) atoms. The highest BCUT2D eigenvalue weighted by Gasteiger charge is 2.49. The zero-order valence-corrected chi connectivity index (χ0v) is 35.5. The van der Waals surface area contributed by atoms with Gasteiger partial charge in [0.25, 0.3) is 0 Å². The van der Waals surface area contributed by atoms with Crippen molar-refractivity contribution in [3.63, 3.8) is 0 Å². The number of hydrogen-bond donors (Lipinski definition) is 0. The Morgan fingerprint density at radius 1 is 0.438 bits per heavy atom. The molecule has 0 saturated heterocycles. The first-order valence-corrected chi connectivity index (χ1v) is 22.0. The highest BCUT2D eigenvalue weighted by Crippen LogP contribution is 2.61. The molecular formula is C62H43NO. The maximum absolute atomic E-state index is 6.38. The summed E-state index contributed by atoms with van der Waals surface area (Å²) in [5.74, 6) is 0.869. The molecule has 0 fully saturated rings. The standard InChI is InChI=1S/C62H43NO/c1-3-4-19-48-41(2)64-60-29-16-28-59(61(48)60)63(46-35-30-43(31-36-46)42-17-6-5-7-18-42)47-37-32-44(33-38-47)45-34-39-54-50-21-9-8-20-49(50)51-22-10-13-25-55(51)62(58(54)40-45)56-26-14-11-23-52(56)53-24-12-15-27-57(53)62/h3-40H,1H2,2H3/b19-4-. The van der Waals surface area contributed by atoms with E-state index in [1.165, 1.54) is 72.3 Å². The van der Waals surface area contributed by atoms with Crippen LogP contribution in [0.2, 0.25) is 0 Å². The van der Waals surface area contributed by atoms with Gasteiger partial charge in [-0.3, -0.25) is 0 Å². The van der Waals surface area contributed by atoms with Gasteiger partial charge in [0.1, 0.15) is 11.3 Å². The molecule has 0 atom stereocenters. The van der Waals surface area contributed by atoms with Gasteiger partial charge in [-0.15, -0.1) is 0 Å². The number of nitrogens with zero attached hydrogens (tertiary/aromatic N) is 1. The second-order valence-electron chi connectivity index (χ2n) is 16.8. The normalized spacial score (nSPS) is 12.9. The van der Waals surface area contributed by atoms with Crippen molar-refractivity contribution < 1.29 is 4.42 Å². The molecule has 302 valence electrons. The van der Waals surface area contributed by atoms with Gasteiger partial charge in [-0.05, 0) is 127 Å². The van der Waals surface area contributed by atoms with Crippen molar-refractivity contribution in [3.05, 3.63) is 265 Å². The predicted molar refractivity (Wildman–Crippen MR) is 267 cm³/mol. The fourth-order valence-electron chi connectivity index (χ4n) is 10.7. The van der Waals surface area contributed by atoms with Crippen molar-refractivity contribution in [2.75, 3.05) is 4.90 Å². The Morgan fingerprint density at radius 3 is 1.48 bits per heavy atom. The lowest BCUT2D eigenvalue weighted by molar-refractivity contribution is 0.577. The third kappa shape index (κ3) is 5.66. The van der Waals surface area contributed by atoms with Crippen molar-refractivity contribution in [2.45, 2.75) is 12.3 Å². The number of aryl methyl sites for hydroxylation is 1.